The molecule has 0 aliphatic heterocycles. The average molecular weight is 429 g/mol. The largest absolute Gasteiger partial charge is 0.468 e. The highest BCUT2D eigenvalue weighted by molar-refractivity contribution is 5.96. The van der Waals surface area contributed by atoms with Crippen molar-refractivity contribution in [3.8, 4) is 0 Å². The molecule has 0 heterocycles. The zero-order valence-corrected chi connectivity index (χ0v) is 18.9. The summed E-state index contributed by atoms with van der Waals surface area (Å²) in [4.78, 5) is 25.9. The standard InChI is InChI=1S/C28H28O4/c1-17-10-13-20(14-11-17)23-21-15-12-18(2)16-22(21)25(24(23)19-8-6-5-7-9-19)26(27(29)31-3)28(30)32-4/h5-16,23-26H,1-4H3/t23-,24+,25+/m0/s1. The van der Waals surface area contributed by atoms with Gasteiger partial charge in [-0.1, -0.05) is 83.9 Å². The normalized spacial score (nSPS) is 19.5. The molecule has 0 saturated carbocycles. The van der Waals surface area contributed by atoms with Gasteiger partial charge in [-0.3, -0.25) is 9.59 Å². The van der Waals surface area contributed by atoms with Crippen LogP contribution in [0.3, 0.4) is 0 Å². The Kier molecular flexibility index (Phi) is 6.13. The number of benzene rings is 3. The van der Waals surface area contributed by atoms with E-state index in [4.69, 9.17) is 9.47 Å². The van der Waals surface area contributed by atoms with E-state index >= 15 is 0 Å². The van der Waals surface area contributed by atoms with Gasteiger partial charge < -0.3 is 9.47 Å². The van der Waals surface area contributed by atoms with Gasteiger partial charge in [0.1, 0.15) is 0 Å². The van der Waals surface area contributed by atoms with E-state index in [2.05, 4.69) is 61.5 Å². The zero-order valence-electron chi connectivity index (χ0n) is 18.9. The highest BCUT2D eigenvalue weighted by Gasteiger charge is 2.51. The predicted octanol–water partition coefficient (Wildman–Crippen LogP) is 5.28. The molecule has 0 saturated heterocycles. The van der Waals surface area contributed by atoms with Gasteiger partial charge >= 0.3 is 11.9 Å². The number of ether oxygens (including phenoxy) is 2. The predicted molar refractivity (Wildman–Crippen MR) is 124 cm³/mol. The summed E-state index contributed by atoms with van der Waals surface area (Å²) >= 11 is 0. The first kappa shape index (κ1) is 21.8. The van der Waals surface area contributed by atoms with Crippen molar-refractivity contribution >= 4 is 11.9 Å². The number of carbonyl (C=O) groups is 2. The fourth-order valence-electron chi connectivity index (χ4n) is 5.13. The van der Waals surface area contributed by atoms with Crippen molar-refractivity contribution in [3.63, 3.8) is 0 Å². The van der Waals surface area contributed by atoms with Gasteiger partial charge in [-0.15, -0.1) is 0 Å². The summed E-state index contributed by atoms with van der Waals surface area (Å²) in [6.07, 6.45) is 0. The van der Waals surface area contributed by atoms with Gasteiger partial charge in [0.05, 0.1) is 14.2 Å². The van der Waals surface area contributed by atoms with Crippen LogP contribution in [0.25, 0.3) is 0 Å². The monoisotopic (exact) mass is 428 g/mol. The van der Waals surface area contributed by atoms with Crippen LogP contribution in [0.5, 0.6) is 0 Å². The summed E-state index contributed by atoms with van der Waals surface area (Å²) < 4.78 is 10.2. The molecule has 0 spiro atoms. The van der Waals surface area contributed by atoms with Crippen LogP contribution >= 0.6 is 0 Å². The maximum atomic E-state index is 12.9. The van der Waals surface area contributed by atoms with Gasteiger partial charge in [-0.05, 0) is 36.1 Å². The molecule has 3 atom stereocenters. The van der Waals surface area contributed by atoms with E-state index in [1.54, 1.807) is 0 Å². The molecule has 4 nitrogen and oxygen atoms in total. The minimum Gasteiger partial charge on any atom is -0.468 e. The molecule has 0 bridgehead atoms. The van der Waals surface area contributed by atoms with Crippen molar-refractivity contribution in [2.75, 3.05) is 14.2 Å². The fraction of sp³-hybridized carbons (Fsp3) is 0.286. The van der Waals surface area contributed by atoms with E-state index in [1.165, 1.54) is 19.8 Å². The lowest BCUT2D eigenvalue weighted by atomic mass is 9.73. The number of hydrogen-bond donors (Lipinski definition) is 0. The Hall–Kier alpha value is -3.40. The molecule has 3 aromatic rings. The SMILES string of the molecule is COC(=O)C(C(=O)OC)[C@@H]1c2cc(C)ccc2[C@H](c2ccc(C)cc2)[C@H]1c1ccccc1. The molecule has 1 aliphatic carbocycles. The van der Waals surface area contributed by atoms with E-state index in [0.717, 1.165) is 27.8 Å². The molecule has 0 radical (unpaired) electrons. The van der Waals surface area contributed by atoms with Crippen LogP contribution in [0.15, 0.2) is 72.8 Å². The molecule has 164 valence electrons. The maximum Gasteiger partial charge on any atom is 0.320 e. The van der Waals surface area contributed by atoms with Crippen LogP contribution in [0.2, 0.25) is 0 Å². The van der Waals surface area contributed by atoms with Crippen molar-refractivity contribution in [2.24, 2.45) is 5.92 Å². The molecular formula is C28H28O4. The van der Waals surface area contributed by atoms with Gasteiger partial charge in [0.15, 0.2) is 5.92 Å². The van der Waals surface area contributed by atoms with Crippen LogP contribution in [0.1, 0.15) is 51.1 Å². The van der Waals surface area contributed by atoms with E-state index in [1.807, 2.05) is 25.1 Å². The molecule has 0 N–H and O–H groups in total. The van der Waals surface area contributed by atoms with Crippen LogP contribution in [-0.4, -0.2) is 26.2 Å². The summed E-state index contributed by atoms with van der Waals surface area (Å²) in [5, 5.41) is 0. The Morgan fingerprint density at radius 1 is 0.719 bits per heavy atom. The van der Waals surface area contributed by atoms with Crippen LogP contribution in [0.4, 0.5) is 0 Å². The Labute approximate surface area is 189 Å². The number of aryl methyl sites for hydroxylation is 2. The number of carbonyl (C=O) groups excluding carboxylic acids is 2. The number of methoxy groups -OCH3 is 2. The second-order valence-electron chi connectivity index (χ2n) is 8.51. The van der Waals surface area contributed by atoms with Gasteiger partial charge in [0.25, 0.3) is 0 Å². The number of hydrogen-bond acceptors (Lipinski definition) is 4. The minimum atomic E-state index is -1.05. The van der Waals surface area contributed by atoms with Gasteiger partial charge in [0, 0.05) is 17.8 Å². The minimum absolute atomic E-state index is 0.00425. The highest BCUT2D eigenvalue weighted by atomic mass is 16.5. The molecule has 4 heteroatoms. The van der Waals surface area contributed by atoms with Crippen LogP contribution < -0.4 is 0 Å². The van der Waals surface area contributed by atoms with Crippen molar-refractivity contribution < 1.29 is 19.1 Å². The summed E-state index contributed by atoms with van der Waals surface area (Å²) in [6, 6.07) is 25.0. The quantitative estimate of drug-likeness (QED) is 0.410. The summed E-state index contributed by atoms with van der Waals surface area (Å²) in [7, 11) is 2.64. The van der Waals surface area contributed by atoms with Crippen molar-refractivity contribution in [1.82, 2.24) is 0 Å². The maximum absolute atomic E-state index is 12.9. The lowest BCUT2D eigenvalue weighted by Gasteiger charge is -2.30. The molecule has 32 heavy (non-hydrogen) atoms. The molecule has 1 aliphatic rings. The topological polar surface area (TPSA) is 52.6 Å². The second-order valence-corrected chi connectivity index (χ2v) is 8.51. The van der Waals surface area contributed by atoms with E-state index in [0.29, 0.717) is 0 Å². The third kappa shape index (κ3) is 3.81. The van der Waals surface area contributed by atoms with Crippen LogP contribution in [-0.2, 0) is 19.1 Å². The Balaban J connectivity index is 2.00. The van der Waals surface area contributed by atoms with Gasteiger partial charge in [-0.25, -0.2) is 0 Å². The van der Waals surface area contributed by atoms with E-state index in [-0.39, 0.29) is 11.8 Å². The van der Waals surface area contributed by atoms with Crippen molar-refractivity contribution in [1.29, 1.82) is 0 Å². The first-order valence-corrected chi connectivity index (χ1v) is 10.8. The van der Waals surface area contributed by atoms with Gasteiger partial charge in [0.2, 0.25) is 0 Å². The second kappa shape index (κ2) is 8.99. The third-order valence-electron chi connectivity index (χ3n) is 6.57. The zero-order chi connectivity index (χ0) is 22.8. The summed E-state index contributed by atoms with van der Waals surface area (Å²) in [5.74, 6) is -2.72. The first-order chi connectivity index (χ1) is 15.5. The lowest BCUT2D eigenvalue weighted by Crippen LogP contribution is -2.34. The fourth-order valence-corrected chi connectivity index (χ4v) is 5.13. The lowest BCUT2D eigenvalue weighted by molar-refractivity contribution is -0.160. The molecule has 0 aromatic heterocycles. The molecule has 0 unspecified atom stereocenters. The molecule has 0 amide bonds. The molecule has 0 fully saturated rings. The Morgan fingerprint density at radius 3 is 1.91 bits per heavy atom. The number of fused-ring (bicyclic) bond motifs is 1. The summed E-state index contributed by atoms with van der Waals surface area (Å²) in [5.41, 5.74) is 6.64. The third-order valence-corrected chi connectivity index (χ3v) is 6.57. The average Bonchev–Trinajstić information content (AvgIpc) is 3.14. The molecule has 4 rings (SSSR count). The van der Waals surface area contributed by atoms with Gasteiger partial charge in [-0.2, -0.15) is 0 Å². The Bertz CT molecular complexity index is 1100. The van der Waals surface area contributed by atoms with Crippen LogP contribution in [0, 0.1) is 19.8 Å². The Morgan fingerprint density at radius 2 is 1.31 bits per heavy atom. The highest BCUT2D eigenvalue weighted by Crippen LogP contribution is 2.57. The first-order valence-electron chi connectivity index (χ1n) is 10.8. The molecular weight excluding hydrogens is 400 g/mol. The number of esters is 2. The molecule has 3 aromatic carbocycles. The van der Waals surface area contributed by atoms with E-state index < -0.39 is 23.8 Å². The van der Waals surface area contributed by atoms with E-state index in [9.17, 15) is 9.59 Å². The van der Waals surface area contributed by atoms with Crippen molar-refractivity contribution in [2.45, 2.75) is 31.6 Å². The van der Waals surface area contributed by atoms with Crippen molar-refractivity contribution in [3.05, 3.63) is 106 Å². The smallest absolute Gasteiger partial charge is 0.320 e. The number of rotatable bonds is 5. The summed E-state index contributed by atoms with van der Waals surface area (Å²) in [6.45, 7) is 4.09.